The Morgan fingerprint density at radius 3 is 1.53 bits per heavy atom. The van der Waals surface area contributed by atoms with E-state index in [9.17, 15) is 5.26 Å². The Bertz CT molecular complexity index is 2400. The lowest BCUT2D eigenvalue weighted by Gasteiger charge is -2.34. The summed E-state index contributed by atoms with van der Waals surface area (Å²) in [5, 5.41) is 13.5. The van der Waals surface area contributed by atoms with Crippen molar-refractivity contribution in [2.24, 2.45) is 9.98 Å². The van der Waals surface area contributed by atoms with Crippen molar-refractivity contribution in [1.82, 2.24) is 5.32 Å². The van der Waals surface area contributed by atoms with Gasteiger partial charge in [-0.3, -0.25) is 0 Å². The molecule has 0 atom stereocenters. The fourth-order valence-corrected chi connectivity index (χ4v) is 7.70. The van der Waals surface area contributed by atoms with Crippen molar-refractivity contribution in [3.8, 4) is 28.3 Å². The topological polar surface area (TPSA) is 60.5 Å². The van der Waals surface area contributed by atoms with Gasteiger partial charge in [-0.05, 0) is 74.3 Å². The molecule has 1 aliphatic carbocycles. The number of benzene rings is 7. The zero-order chi connectivity index (χ0) is 34.2. The summed E-state index contributed by atoms with van der Waals surface area (Å²) in [6, 6.07) is 65.7. The highest BCUT2D eigenvalue weighted by Gasteiger charge is 2.46. The molecule has 0 saturated carbocycles. The van der Waals surface area contributed by atoms with Crippen LogP contribution in [0.5, 0.6) is 0 Å². The number of nitriles is 1. The summed E-state index contributed by atoms with van der Waals surface area (Å²) in [4.78, 5) is 10.3. The monoisotopic (exact) mass is 652 g/mol. The minimum atomic E-state index is -0.605. The third-order valence-electron chi connectivity index (χ3n) is 10.0. The molecule has 240 valence electrons. The smallest absolute Gasteiger partial charge is 0.169 e. The van der Waals surface area contributed by atoms with Crippen LogP contribution >= 0.6 is 0 Å². The third-order valence-corrected chi connectivity index (χ3v) is 10.0. The first kappa shape index (κ1) is 30.2. The lowest BCUT2D eigenvalue weighted by Crippen LogP contribution is -2.35. The van der Waals surface area contributed by atoms with E-state index in [4.69, 9.17) is 9.98 Å². The maximum atomic E-state index is 10.0. The molecular formula is C47H32N4. The lowest BCUT2D eigenvalue weighted by molar-refractivity contribution is 0.756. The summed E-state index contributed by atoms with van der Waals surface area (Å²) in [5.41, 5.74) is 12.3. The van der Waals surface area contributed by atoms with Crippen LogP contribution in [0.25, 0.3) is 22.3 Å². The van der Waals surface area contributed by atoms with E-state index in [0.717, 1.165) is 61.7 Å². The second kappa shape index (κ2) is 12.6. The van der Waals surface area contributed by atoms with Crippen LogP contribution in [0.4, 0.5) is 0 Å². The molecule has 1 heterocycles. The Morgan fingerprint density at radius 2 is 0.961 bits per heavy atom. The Balaban J connectivity index is 1.21. The fourth-order valence-electron chi connectivity index (χ4n) is 7.70. The normalized spacial score (nSPS) is 14.3. The molecule has 7 aromatic carbocycles. The zero-order valence-electron chi connectivity index (χ0n) is 27.7. The molecule has 0 aromatic heterocycles. The van der Waals surface area contributed by atoms with Crippen LogP contribution in [0.3, 0.4) is 0 Å². The minimum Gasteiger partial charge on any atom is -0.324 e. The van der Waals surface area contributed by atoms with Gasteiger partial charge in [-0.15, -0.1) is 0 Å². The summed E-state index contributed by atoms with van der Waals surface area (Å²) in [6.07, 6.45) is -0.424. The van der Waals surface area contributed by atoms with Crippen molar-refractivity contribution >= 4 is 11.7 Å². The average molecular weight is 653 g/mol. The van der Waals surface area contributed by atoms with E-state index in [1.807, 2.05) is 42.5 Å². The van der Waals surface area contributed by atoms with Gasteiger partial charge in [-0.1, -0.05) is 158 Å². The maximum absolute atomic E-state index is 10.0. The molecule has 0 bridgehead atoms. The molecule has 0 spiro atoms. The van der Waals surface area contributed by atoms with Crippen molar-refractivity contribution < 1.29 is 0 Å². The molecule has 7 aromatic rings. The van der Waals surface area contributed by atoms with Crippen LogP contribution < -0.4 is 5.32 Å². The average Bonchev–Trinajstić information content (AvgIpc) is 3.51. The molecule has 51 heavy (non-hydrogen) atoms. The maximum Gasteiger partial charge on any atom is 0.169 e. The molecule has 4 nitrogen and oxygen atoms in total. The van der Waals surface area contributed by atoms with Gasteiger partial charge in [-0.2, -0.15) is 5.26 Å². The van der Waals surface area contributed by atoms with Crippen molar-refractivity contribution in [3.63, 3.8) is 0 Å². The number of nitrogens with zero attached hydrogens (tertiary/aromatic N) is 3. The Labute approximate surface area is 297 Å². The van der Waals surface area contributed by atoms with Gasteiger partial charge in [0.1, 0.15) is 11.7 Å². The lowest BCUT2D eigenvalue weighted by atomic mass is 9.67. The van der Waals surface area contributed by atoms with E-state index >= 15 is 0 Å². The number of fused-ring (bicyclic) bond motifs is 3. The Hall–Kier alpha value is -6.83. The molecule has 0 fully saturated rings. The van der Waals surface area contributed by atoms with Gasteiger partial charge < -0.3 is 5.32 Å². The van der Waals surface area contributed by atoms with Gasteiger partial charge >= 0.3 is 0 Å². The third kappa shape index (κ3) is 5.15. The quantitative estimate of drug-likeness (QED) is 0.194. The van der Waals surface area contributed by atoms with Crippen molar-refractivity contribution in [2.75, 3.05) is 0 Å². The van der Waals surface area contributed by atoms with Gasteiger partial charge in [0, 0.05) is 11.1 Å². The van der Waals surface area contributed by atoms with Crippen LogP contribution in [-0.2, 0) is 5.41 Å². The highest BCUT2D eigenvalue weighted by atomic mass is 15.2. The molecule has 1 aliphatic heterocycles. The van der Waals surface area contributed by atoms with Crippen molar-refractivity contribution in [2.45, 2.75) is 11.6 Å². The van der Waals surface area contributed by atoms with E-state index < -0.39 is 11.6 Å². The zero-order valence-corrected chi connectivity index (χ0v) is 27.7. The van der Waals surface area contributed by atoms with E-state index in [2.05, 4.69) is 151 Å². The van der Waals surface area contributed by atoms with Crippen LogP contribution in [0, 0.1) is 11.3 Å². The van der Waals surface area contributed by atoms with Gasteiger partial charge in [0.05, 0.1) is 17.0 Å². The highest BCUT2D eigenvalue weighted by Crippen LogP contribution is 2.57. The van der Waals surface area contributed by atoms with Crippen LogP contribution in [0.15, 0.2) is 192 Å². The van der Waals surface area contributed by atoms with Crippen LogP contribution in [-0.4, -0.2) is 11.7 Å². The molecule has 0 saturated heterocycles. The molecule has 1 N–H and O–H groups in total. The molecule has 0 unspecified atom stereocenters. The fraction of sp³-hybridized carbons (Fsp3) is 0.0426. The molecule has 9 rings (SSSR count). The predicted octanol–water partition coefficient (Wildman–Crippen LogP) is 10.1. The van der Waals surface area contributed by atoms with Gasteiger partial charge in [0.25, 0.3) is 0 Å². The molecule has 2 aliphatic rings. The van der Waals surface area contributed by atoms with E-state index in [1.165, 1.54) is 11.1 Å². The number of amidine groups is 2. The molecule has 0 radical (unpaired) electrons. The second-order valence-corrected chi connectivity index (χ2v) is 12.9. The van der Waals surface area contributed by atoms with E-state index in [-0.39, 0.29) is 0 Å². The summed E-state index contributed by atoms with van der Waals surface area (Å²) >= 11 is 0. The summed E-state index contributed by atoms with van der Waals surface area (Å²) in [5.74, 6) is 1.59. The number of nitrogens with one attached hydrogen (secondary N) is 1. The van der Waals surface area contributed by atoms with Crippen molar-refractivity contribution in [3.05, 3.63) is 226 Å². The SMILES string of the molecule is N#Cc1ccc2c(c1)C(c1ccccc1)(c1ccccc1)c1cc(-c3cccc(C4N=C(c5ccccc5)NC(c5ccccc5)=N4)c3)ccc1-2. The number of aliphatic imine (C=N–C) groups is 2. The number of rotatable bonds is 6. The van der Waals surface area contributed by atoms with E-state index in [0.29, 0.717) is 5.56 Å². The number of hydrogen-bond donors (Lipinski definition) is 1. The number of hydrogen-bond acceptors (Lipinski definition) is 4. The first-order valence-corrected chi connectivity index (χ1v) is 17.2. The largest absolute Gasteiger partial charge is 0.324 e. The van der Waals surface area contributed by atoms with Gasteiger partial charge in [0.15, 0.2) is 6.17 Å². The standard InChI is InChI=1S/C47H32N4/c48-31-32-24-26-40-41-27-25-36(30-43(41)47(42(40)28-32,38-20-9-3-10-21-38)39-22-11-4-12-23-39)35-18-13-19-37(29-35)46-50-44(33-14-5-1-6-15-33)49-45(51-46)34-16-7-2-8-17-34/h1-30,46H,(H,49,50,51). The Kier molecular flexibility index (Phi) is 7.45. The summed E-state index contributed by atoms with van der Waals surface area (Å²) in [6.45, 7) is 0. The van der Waals surface area contributed by atoms with Gasteiger partial charge in [-0.25, -0.2) is 9.98 Å². The first-order valence-electron chi connectivity index (χ1n) is 17.2. The summed E-state index contributed by atoms with van der Waals surface area (Å²) < 4.78 is 0. The van der Waals surface area contributed by atoms with Crippen molar-refractivity contribution in [1.29, 1.82) is 5.26 Å². The highest BCUT2D eigenvalue weighted by molar-refractivity contribution is 6.15. The van der Waals surface area contributed by atoms with Crippen LogP contribution in [0.1, 0.15) is 50.7 Å². The molecule has 0 amide bonds. The molecular weight excluding hydrogens is 621 g/mol. The first-order chi connectivity index (χ1) is 25.2. The van der Waals surface area contributed by atoms with E-state index in [1.54, 1.807) is 0 Å². The summed E-state index contributed by atoms with van der Waals surface area (Å²) in [7, 11) is 0. The molecule has 4 heteroatoms. The predicted molar refractivity (Wildman–Crippen MR) is 206 cm³/mol. The van der Waals surface area contributed by atoms with Crippen LogP contribution in [0.2, 0.25) is 0 Å². The van der Waals surface area contributed by atoms with Gasteiger partial charge in [0.2, 0.25) is 0 Å². The second-order valence-electron chi connectivity index (χ2n) is 12.9. The minimum absolute atomic E-state index is 0.424. The Morgan fingerprint density at radius 1 is 0.471 bits per heavy atom.